The van der Waals surface area contributed by atoms with Crippen molar-refractivity contribution < 1.29 is 17.9 Å². The maximum absolute atomic E-state index is 12.6. The first-order valence-electron chi connectivity index (χ1n) is 6.34. The molecule has 0 bridgehead atoms. The van der Waals surface area contributed by atoms with Crippen molar-refractivity contribution in [1.29, 1.82) is 0 Å². The van der Waals surface area contributed by atoms with Gasteiger partial charge in [-0.05, 0) is 12.1 Å². The van der Waals surface area contributed by atoms with Crippen LogP contribution in [-0.2, 0) is 10.9 Å². The summed E-state index contributed by atoms with van der Waals surface area (Å²) in [4.78, 5) is 6.03. The zero-order valence-corrected chi connectivity index (χ0v) is 10.9. The summed E-state index contributed by atoms with van der Waals surface area (Å²) in [7, 11) is 0. The Balaban J connectivity index is 1.90. The summed E-state index contributed by atoms with van der Waals surface area (Å²) in [6.07, 6.45) is -4.42. The maximum Gasteiger partial charge on any atom is 0.416 e. The van der Waals surface area contributed by atoms with Gasteiger partial charge in [-0.2, -0.15) is 13.2 Å². The number of alkyl halides is 3. The maximum atomic E-state index is 12.6. The van der Waals surface area contributed by atoms with E-state index in [0.717, 1.165) is 31.8 Å². The molecule has 1 fully saturated rings. The summed E-state index contributed by atoms with van der Waals surface area (Å²) in [5, 5.41) is 2.87. The van der Waals surface area contributed by atoms with Crippen LogP contribution in [0.1, 0.15) is 5.56 Å². The molecule has 1 aromatic rings. The molecular formula is C12H17F3N4O. The summed E-state index contributed by atoms with van der Waals surface area (Å²) >= 11 is 0. The highest BCUT2D eigenvalue weighted by Crippen LogP contribution is 2.31. The van der Waals surface area contributed by atoms with Crippen LogP contribution in [0.3, 0.4) is 0 Å². The number of nitrogens with two attached hydrogens (primary N) is 1. The molecule has 112 valence electrons. The van der Waals surface area contributed by atoms with Gasteiger partial charge in [0.25, 0.3) is 0 Å². The SMILES string of the molecule is Nc1cc(C(F)(F)F)cc(NCCN2CCOCC2)n1. The van der Waals surface area contributed by atoms with E-state index in [9.17, 15) is 13.2 Å². The lowest BCUT2D eigenvalue weighted by Gasteiger charge is -2.26. The van der Waals surface area contributed by atoms with E-state index in [2.05, 4.69) is 15.2 Å². The molecule has 0 radical (unpaired) electrons. The highest BCUT2D eigenvalue weighted by Gasteiger charge is 2.31. The number of nitrogens with zero attached hydrogens (tertiary/aromatic N) is 2. The van der Waals surface area contributed by atoms with Gasteiger partial charge >= 0.3 is 6.18 Å². The van der Waals surface area contributed by atoms with Crippen LogP contribution in [0.25, 0.3) is 0 Å². The summed E-state index contributed by atoms with van der Waals surface area (Å²) in [6, 6.07) is 1.79. The number of morpholine rings is 1. The van der Waals surface area contributed by atoms with E-state index >= 15 is 0 Å². The second-order valence-corrected chi connectivity index (χ2v) is 4.54. The van der Waals surface area contributed by atoms with E-state index < -0.39 is 11.7 Å². The molecule has 0 aromatic carbocycles. The van der Waals surface area contributed by atoms with Crippen molar-refractivity contribution in [1.82, 2.24) is 9.88 Å². The summed E-state index contributed by atoms with van der Waals surface area (Å²) in [5.74, 6) is -0.000665. The molecule has 1 aromatic heterocycles. The van der Waals surface area contributed by atoms with Crippen molar-refractivity contribution in [2.45, 2.75) is 6.18 Å². The minimum Gasteiger partial charge on any atom is -0.384 e. The zero-order valence-electron chi connectivity index (χ0n) is 10.9. The summed E-state index contributed by atoms with van der Waals surface area (Å²) < 4.78 is 43.1. The van der Waals surface area contributed by atoms with E-state index in [1.165, 1.54) is 0 Å². The quantitative estimate of drug-likeness (QED) is 0.878. The number of aromatic nitrogens is 1. The molecule has 1 aliphatic heterocycles. The van der Waals surface area contributed by atoms with Crippen molar-refractivity contribution in [2.24, 2.45) is 0 Å². The fourth-order valence-corrected chi connectivity index (χ4v) is 1.97. The summed E-state index contributed by atoms with van der Waals surface area (Å²) in [6.45, 7) is 4.28. The van der Waals surface area contributed by atoms with Crippen LogP contribution in [0.15, 0.2) is 12.1 Å². The highest BCUT2D eigenvalue weighted by atomic mass is 19.4. The van der Waals surface area contributed by atoms with Gasteiger partial charge in [-0.15, -0.1) is 0 Å². The second-order valence-electron chi connectivity index (χ2n) is 4.54. The first kappa shape index (κ1) is 14.9. The Morgan fingerprint density at radius 2 is 2.00 bits per heavy atom. The van der Waals surface area contributed by atoms with Crippen LogP contribution in [0.5, 0.6) is 0 Å². The lowest BCUT2D eigenvalue weighted by molar-refractivity contribution is -0.137. The molecule has 5 nitrogen and oxygen atoms in total. The molecule has 0 unspecified atom stereocenters. The van der Waals surface area contributed by atoms with Crippen LogP contribution in [0, 0.1) is 0 Å². The third-order valence-corrected chi connectivity index (χ3v) is 3.01. The third kappa shape index (κ3) is 4.24. The Hall–Kier alpha value is -1.54. The normalized spacial score (nSPS) is 17.1. The molecule has 0 saturated carbocycles. The molecule has 0 amide bonds. The van der Waals surface area contributed by atoms with Crippen molar-refractivity contribution >= 4 is 11.6 Å². The average molecular weight is 290 g/mol. The molecule has 1 saturated heterocycles. The molecule has 1 aliphatic rings. The molecule has 0 aliphatic carbocycles. The van der Waals surface area contributed by atoms with Gasteiger partial charge in [-0.25, -0.2) is 4.98 Å². The number of hydrogen-bond donors (Lipinski definition) is 2. The number of rotatable bonds is 4. The fourth-order valence-electron chi connectivity index (χ4n) is 1.97. The van der Waals surface area contributed by atoms with Gasteiger partial charge in [0.1, 0.15) is 11.6 Å². The predicted molar refractivity (Wildman–Crippen MR) is 69.4 cm³/mol. The predicted octanol–water partition coefficient (Wildman–Crippen LogP) is 1.43. The Morgan fingerprint density at radius 3 is 2.65 bits per heavy atom. The number of hydrogen-bond acceptors (Lipinski definition) is 5. The Morgan fingerprint density at radius 1 is 1.30 bits per heavy atom. The first-order chi connectivity index (χ1) is 9.45. The highest BCUT2D eigenvalue weighted by molar-refractivity contribution is 5.47. The largest absolute Gasteiger partial charge is 0.416 e. The smallest absolute Gasteiger partial charge is 0.384 e. The lowest BCUT2D eigenvalue weighted by atomic mass is 10.2. The zero-order chi connectivity index (χ0) is 14.6. The molecule has 3 N–H and O–H groups in total. The standard InChI is InChI=1S/C12H17F3N4O/c13-12(14,15)9-7-10(16)18-11(8-9)17-1-2-19-3-5-20-6-4-19/h7-8H,1-6H2,(H3,16,17,18). The van der Waals surface area contributed by atoms with Gasteiger partial charge in [-0.1, -0.05) is 0 Å². The van der Waals surface area contributed by atoms with Crippen LogP contribution < -0.4 is 11.1 Å². The van der Waals surface area contributed by atoms with Crippen LogP contribution >= 0.6 is 0 Å². The monoisotopic (exact) mass is 290 g/mol. The molecular weight excluding hydrogens is 273 g/mol. The van der Waals surface area contributed by atoms with Gasteiger partial charge in [0.15, 0.2) is 0 Å². The van der Waals surface area contributed by atoms with E-state index in [1.807, 2.05) is 0 Å². The third-order valence-electron chi connectivity index (χ3n) is 3.01. The number of nitrogens with one attached hydrogen (secondary N) is 1. The van der Waals surface area contributed by atoms with Crippen LogP contribution in [0.4, 0.5) is 24.8 Å². The van der Waals surface area contributed by atoms with Gasteiger partial charge in [0.2, 0.25) is 0 Å². The molecule has 0 spiro atoms. The summed E-state index contributed by atoms with van der Waals surface area (Å²) in [5.41, 5.74) is 4.60. The van der Waals surface area contributed by atoms with E-state index in [-0.39, 0.29) is 11.6 Å². The topological polar surface area (TPSA) is 63.4 Å². The van der Waals surface area contributed by atoms with Crippen molar-refractivity contribution in [3.63, 3.8) is 0 Å². The molecule has 0 atom stereocenters. The van der Waals surface area contributed by atoms with Gasteiger partial charge in [0.05, 0.1) is 18.8 Å². The fraction of sp³-hybridized carbons (Fsp3) is 0.583. The van der Waals surface area contributed by atoms with Gasteiger partial charge in [0, 0.05) is 26.2 Å². The Bertz CT molecular complexity index is 447. The van der Waals surface area contributed by atoms with Crippen molar-refractivity contribution in [2.75, 3.05) is 50.4 Å². The molecule has 20 heavy (non-hydrogen) atoms. The number of anilines is 2. The van der Waals surface area contributed by atoms with Crippen LogP contribution in [0.2, 0.25) is 0 Å². The van der Waals surface area contributed by atoms with E-state index in [1.54, 1.807) is 0 Å². The van der Waals surface area contributed by atoms with E-state index in [4.69, 9.17) is 10.5 Å². The van der Waals surface area contributed by atoms with E-state index in [0.29, 0.717) is 19.8 Å². The number of halogens is 3. The van der Waals surface area contributed by atoms with Crippen molar-refractivity contribution in [3.8, 4) is 0 Å². The number of ether oxygens (including phenoxy) is 1. The number of nitrogen functional groups attached to an aromatic ring is 1. The first-order valence-corrected chi connectivity index (χ1v) is 6.34. The molecule has 2 heterocycles. The molecule has 8 heteroatoms. The van der Waals surface area contributed by atoms with Crippen molar-refractivity contribution in [3.05, 3.63) is 17.7 Å². The minimum atomic E-state index is -4.42. The molecule has 2 rings (SSSR count). The minimum absolute atomic E-state index is 0.144. The Labute approximate surface area is 114 Å². The van der Waals surface area contributed by atoms with Gasteiger partial charge in [-0.3, -0.25) is 4.90 Å². The lowest BCUT2D eigenvalue weighted by Crippen LogP contribution is -2.39. The Kier molecular flexibility index (Phi) is 4.66. The average Bonchev–Trinajstić information content (AvgIpc) is 2.38. The second kappa shape index (κ2) is 6.27. The van der Waals surface area contributed by atoms with Gasteiger partial charge < -0.3 is 15.8 Å². The number of pyridine rings is 1. The van der Waals surface area contributed by atoms with Crippen LogP contribution in [-0.4, -0.2) is 49.3 Å².